The van der Waals surface area contributed by atoms with Gasteiger partial charge in [-0.25, -0.2) is 4.79 Å². The zero-order valence-corrected chi connectivity index (χ0v) is 16.7. The number of carbonyl (C=O) groups excluding carboxylic acids is 2. The summed E-state index contributed by atoms with van der Waals surface area (Å²) in [5.41, 5.74) is 5.80. The van der Waals surface area contributed by atoms with Gasteiger partial charge in [-0.1, -0.05) is 54.6 Å². The van der Waals surface area contributed by atoms with E-state index in [4.69, 9.17) is 4.84 Å². The Labute approximate surface area is 172 Å². The maximum absolute atomic E-state index is 12.0. The van der Waals surface area contributed by atoms with E-state index in [2.05, 4.69) is 47.2 Å². The fourth-order valence-electron chi connectivity index (χ4n) is 3.36. The lowest BCUT2D eigenvalue weighted by Gasteiger charge is -2.26. The summed E-state index contributed by atoms with van der Waals surface area (Å²) >= 11 is 0. The third-order valence-electron chi connectivity index (χ3n) is 5.04. The van der Waals surface area contributed by atoms with Gasteiger partial charge >= 0.3 is 6.09 Å². The molecule has 0 spiro atoms. The molecule has 0 bridgehead atoms. The molecule has 0 saturated carbocycles. The van der Waals surface area contributed by atoms with E-state index < -0.39 is 6.09 Å². The third kappa shape index (κ3) is 7.23. The first-order valence-electron chi connectivity index (χ1n) is 10.3. The lowest BCUT2D eigenvalue weighted by molar-refractivity contribution is -0.129. The maximum Gasteiger partial charge on any atom is 0.434 e. The molecule has 29 heavy (non-hydrogen) atoms. The fourth-order valence-corrected chi connectivity index (χ4v) is 3.36. The van der Waals surface area contributed by atoms with Crippen molar-refractivity contribution in [1.82, 2.24) is 15.7 Å². The summed E-state index contributed by atoms with van der Waals surface area (Å²) < 4.78 is 0. The Morgan fingerprint density at radius 1 is 0.862 bits per heavy atom. The molecule has 2 aromatic rings. The zero-order valence-electron chi connectivity index (χ0n) is 16.7. The Hall–Kier alpha value is -2.86. The van der Waals surface area contributed by atoms with Crippen LogP contribution >= 0.6 is 0 Å². The standard InChI is InChI=1S/C23H29N3O3/c27-22(25-29-23(28)26-16-14-24-15-17-26)18-21-12-10-20(11-13-21)9-5-4-8-19-6-2-1-3-7-19/h1-3,6-7,10-13,24H,4-5,8-9,14-18H2,(H,25,27). The Bertz CT molecular complexity index is 772. The molecular formula is C23H29N3O3. The van der Waals surface area contributed by atoms with Crippen LogP contribution in [-0.4, -0.2) is 43.1 Å². The van der Waals surface area contributed by atoms with Crippen LogP contribution < -0.4 is 10.8 Å². The number of unbranched alkanes of at least 4 members (excludes halogenated alkanes) is 1. The summed E-state index contributed by atoms with van der Waals surface area (Å²) in [5, 5.41) is 3.16. The van der Waals surface area contributed by atoms with E-state index in [1.807, 2.05) is 18.2 Å². The first-order chi connectivity index (χ1) is 14.2. The van der Waals surface area contributed by atoms with Crippen molar-refractivity contribution in [1.29, 1.82) is 0 Å². The van der Waals surface area contributed by atoms with Crippen LogP contribution in [0.3, 0.4) is 0 Å². The van der Waals surface area contributed by atoms with Gasteiger partial charge in [0.2, 0.25) is 0 Å². The predicted molar refractivity (Wildman–Crippen MR) is 112 cm³/mol. The molecule has 0 atom stereocenters. The second-order valence-electron chi connectivity index (χ2n) is 7.32. The van der Waals surface area contributed by atoms with E-state index in [0.717, 1.165) is 44.3 Å². The smallest absolute Gasteiger partial charge is 0.321 e. The van der Waals surface area contributed by atoms with Crippen molar-refractivity contribution >= 4 is 12.0 Å². The first-order valence-corrected chi connectivity index (χ1v) is 10.3. The number of rotatable bonds is 7. The molecule has 0 aliphatic carbocycles. The summed E-state index contributed by atoms with van der Waals surface area (Å²) in [6, 6.07) is 18.6. The minimum atomic E-state index is -0.509. The van der Waals surface area contributed by atoms with Gasteiger partial charge in [-0.05, 0) is 42.4 Å². The van der Waals surface area contributed by atoms with E-state index in [-0.39, 0.29) is 12.3 Å². The SMILES string of the molecule is O=C(Cc1ccc(CCCCc2ccccc2)cc1)NOC(=O)N1CCNCC1. The number of amides is 2. The van der Waals surface area contributed by atoms with Crippen LogP contribution in [0, 0.1) is 0 Å². The average Bonchev–Trinajstić information content (AvgIpc) is 2.77. The molecule has 3 rings (SSSR count). The molecule has 2 aromatic carbocycles. The van der Waals surface area contributed by atoms with Crippen LogP contribution in [0.2, 0.25) is 0 Å². The molecule has 1 aliphatic rings. The molecular weight excluding hydrogens is 366 g/mol. The fraction of sp³-hybridized carbons (Fsp3) is 0.391. The highest BCUT2D eigenvalue weighted by Crippen LogP contribution is 2.11. The van der Waals surface area contributed by atoms with Gasteiger partial charge in [0.15, 0.2) is 0 Å². The Balaban J connectivity index is 1.33. The molecule has 0 radical (unpaired) electrons. The number of benzene rings is 2. The number of nitrogens with one attached hydrogen (secondary N) is 2. The lowest BCUT2D eigenvalue weighted by Crippen LogP contribution is -2.48. The summed E-state index contributed by atoms with van der Waals surface area (Å²) in [4.78, 5) is 30.4. The van der Waals surface area contributed by atoms with E-state index in [1.54, 1.807) is 4.90 Å². The highest BCUT2D eigenvalue weighted by molar-refractivity contribution is 5.79. The number of hydrogen-bond donors (Lipinski definition) is 2. The number of nitrogens with zero attached hydrogens (tertiary/aromatic N) is 1. The van der Waals surface area contributed by atoms with Gasteiger partial charge in [-0.3, -0.25) is 4.79 Å². The Kier molecular flexibility index (Phi) is 8.07. The van der Waals surface area contributed by atoms with E-state index in [0.29, 0.717) is 13.1 Å². The van der Waals surface area contributed by atoms with Gasteiger partial charge in [0.1, 0.15) is 0 Å². The molecule has 154 valence electrons. The van der Waals surface area contributed by atoms with Crippen LogP contribution in [0.25, 0.3) is 0 Å². The van der Waals surface area contributed by atoms with Crippen molar-refractivity contribution in [2.45, 2.75) is 32.1 Å². The highest BCUT2D eigenvalue weighted by atomic mass is 16.7. The van der Waals surface area contributed by atoms with Crippen molar-refractivity contribution in [3.05, 3.63) is 71.3 Å². The average molecular weight is 396 g/mol. The topological polar surface area (TPSA) is 70.7 Å². The molecule has 0 aromatic heterocycles. The summed E-state index contributed by atoms with van der Waals surface area (Å²) in [6.45, 7) is 2.65. The van der Waals surface area contributed by atoms with Gasteiger partial charge in [0, 0.05) is 26.2 Å². The lowest BCUT2D eigenvalue weighted by atomic mass is 10.0. The van der Waals surface area contributed by atoms with Crippen molar-refractivity contribution in [2.75, 3.05) is 26.2 Å². The summed E-state index contributed by atoms with van der Waals surface area (Å²) in [7, 11) is 0. The minimum absolute atomic E-state index is 0.184. The van der Waals surface area contributed by atoms with Crippen LogP contribution in [0.15, 0.2) is 54.6 Å². The van der Waals surface area contributed by atoms with E-state index in [1.165, 1.54) is 11.1 Å². The summed E-state index contributed by atoms with van der Waals surface area (Å²) in [6.07, 6.45) is 4.10. The number of aryl methyl sites for hydroxylation is 2. The molecule has 1 fully saturated rings. The van der Waals surface area contributed by atoms with Crippen LogP contribution in [0.1, 0.15) is 29.5 Å². The second-order valence-corrected chi connectivity index (χ2v) is 7.32. The quantitative estimate of drug-likeness (QED) is 0.559. The van der Waals surface area contributed by atoms with Gasteiger partial charge in [-0.2, -0.15) is 5.48 Å². The maximum atomic E-state index is 12.0. The predicted octanol–water partition coefficient (Wildman–Crippen LogP) is 2.87. The monoisotopic (exact) mass is 395 g/mol. The van der Waals surface area contributed by atoms with Gasteiger partial charge < -0.3 is 15.1 Å². The molecule has 2 N–H and O–H groups in total. The van der Waals surface area contributed by atoms with E-state index in [9.17, 15) is 9.59 Å². The highest BCUT2D eigenvalue weighted by Gasteiger charge is 2.18. The van der Waals surface area contributed by atoms with Gasteiger partial charge in [0.05, 0.1) is 6.42 Å². The van der Waals surface area contributed by atoms with Crippen LogP contribution in [0.5, 0.6) is 0 Å². The number of piperazine rings is 1. The second kappa shape index (κ2) is 11.2. The number of hydroxylamine groups is 1. The molecule has 2 amide bonds. The minimum Gasteiger partial charge on any atom is -0.321 e. The Morgan fingerprint density at radius 3 is 2.10 bits per heavy atom. The molecule has 1 heterocycles. The first kappa shape index (κ1) is 20.9. The van der Waals surface area contributed by atoms with Crippen LogP contribution in [0.4, 0.5) is 4.79 Å². The molecule has 0 unspecified atom stereocenters. The van der Waals surface area contributed by atoms with Crippen LogP contribution in [-0.2, 0) is 28.9 Å². The van der Waals surface area contributed by atoms with E-state index >= 15 is 0 Å². The number of hydrogen-bond acceptors (Lipinski definition) is 4. The number of carbonyl (C=O) groups is 2. The normalized spacial score (nSPS) is 13.7. The molecule has 1 saturated heterocycles. The van der Waals surface area contributed by atoms with Gasteiger partial charge in [0.25, 0.3) is 5.91 Å². The van der Waals surface area contributed by atoms with Crippen molar-refractivity contribution in [2.24, 2.45) is 0 Å². The Morgan fingerprint density at radius 2 is 1.45 bits per heavy atom. The van der Waals surface area contributed by atoms with Crippen molar-refractivity contribution in [3.63, 3.8) is 0 Å². The zero-order chi connectivity index (χ0) is 20.3. The molecule has 1 aliphatic heterocycles. The largest absolute Gasteiger partial charge is 0.434 e. The van der Waals surface area contributed by atoms with Crippen molar-refractivity contribution in [3.8, 4) is 0 Å². The van der Waals surface area contributed by atoms with Gasteiger partial charge in [-0.15, -0.1) is 0 Å². The third-order valence-corrected chi connectivity index (χ3v) is 5.04. The molecule has 6 heteroatoms. The molecule has 6 nitrogen and oxygen atoms in total. The summed E-state index contributed by atoms with van der Waals surface area (Å²) in [5.74, 6) is -0.330. The van der Waals surface area contributed by atoms with Crippen molar-refractivity contribution < 1.29 is 14.4 Å².